The van der Waals surface area contributed by atoms with E-state index in [0.29, 0.717) is 18.8 Å². The van der Waals surface area contributed by atoms with Crippen molar-refractivity contribution < 1.29 is 14.6 Å². The van der Waals surface area contributed by atoms with Crippen LogP contribution in [0.4, 0.5) is 11.5 Å². The summed E-state index contributed by atoms with van der Waals surface area (Å²) in [5.41, 5.74) is 6.46. The average molecular weight is 263 g/mol. The molecule has 1 saturated carbocycles. The Hall–Kier alpha value is -1.82. The first-order valence-electron chi connectivity index (χ1n) is 6.54. The third kappa shape index (κ3) is 2.12. The lowest BCUT2D eigenvalue weighted by Crippen LogP contribution is -2.49. The van der Waals surface area contributed by atoms with Gasteiger partial charge in [-0.1, -0.05) is 0 Å². The Morgan fingerprint density at radius 2 is 2.37 bits per heavy atom. The number of carboxylic acid groups (broad SMARTS) is 1. The molecule has 2 fully saturated rings. The van der Waals surface area contributed by atoms with E-state index in [-0.39, 0.29) is 23.5 Å². The minimum atomic E-state index is -0.967. The summed E-state index contributed by atoms with van der Waals surface area (Å²) in [5.74, 6) is -0.734. The zero-order chi connectivity index (χ0) is 13.4. The molecule has 2 atom stereocenters. The second kappa shape index (κ2) is 4.70. The zero-order valence-electron chi connectivity index (χ0n) is 10.6. The number of hydrogen-bond acceptors (Lipinski definition) is 5. The van der Waals surface area contributed by atoms with Crippen LogP contribution in [0.2, 0.25) is 0 Å². The molecule has 1 aliphatic carbocycles. The number of carboxylic acids is 1. The summed E-state index contributed by atoms with van der Waals surface area (Å²) in [6.45, 7) is 1.33. The lowest BCUT2D eigenvalue weighted by atomic mass is 10.1. The van der Waals surface area contributed by atoms with E-state index >= 15 is 0 Å². The third-order valence-corrected chi connectivity index (χ3v) is 3.93. The van der Waals surface area contributed by atoms with Crippen molar-refractivity contribution in [2.75, 3.05) is 23.8 Å². The van der Waals surface area contributed by atoms with Gasteiger partial charge in [-0.3, -0.25) is 0 Å². The number of carbonyl (C=O) groups is 1. The number of nitrogens with two attached hydrogens (primary N) is 1. The van der Waals surface area contributed by atoms with Crippen molar-refractivity contribution in [3.05, 3.63) is 17.8 Å². The Kier molecular flexibility index (Phi) is 3.02. The molecule has 2 unspecified atom stereocenters. The number of morpholine rings is 1. The lowest BCUT2D eigenvalue weighted by molar-refractivity contribution is 0.0254. The van der Waals surface area contributed by atoms with Gasteiger partial charge in [0.05, 0.1) is 36.2 Å². The third-order valence-electron chi connectivity index (χ3n) is 3.93. The molecule has 2 heterocycles. The molecule has 0 radical (unpaired) electrons. The molecule has 3 rings (SSSR count). The number of ether oxygens (including phenoxy) is 1. The Morgan fingerprint density at radius 1 is 1.53 bits per heavy atom. The Morgan fingerprint density at radius 3 is 3.16 bits per heavy atom. The molecule has 1 saturated heterocycles. The molecule has 0 bridgehead atoms. The van der Waals surface area contributed by atoms with Gasteiger partial charge in [0.2, 0.25) is 0 Å². The fraction of sp³-hybridized carbons (Fsp3) is 0.538. The van der Waals surface area contributed by atoms with Crippen LogP contribution in [0, 0.1) is 0 Å². The second-order valence-electron chi connectivity index (χ2n) is 5.03. The first kappa shape index (κ1) is 12.2. The lowest BCUT2D eigenvalue weighted by Gasteiger charge is -2.39. The normalized spacial score (nSPS) is 26.2. The van der Waals surface area contributed by atoms with E-state index in [2.05, 4.69) is 9.88 Å². The van der Waals surface area contributed by atoms with Crippen LogP contribution in [0.15, 0.2) is 12.3 Å². The van der Waals surface area contributed by atoms with E-state index < -0.39 is 5.97 Å². The van der Waals surface area contributed by atoms with Gasteiger partial charge in [0.15, 0.2) is 0 Å². The first-order chi connectivity index (χ1) is 9.16. The van der Waals surface area contributed by atoms with Gasteiger partial charge < -0.3 is 20.5 Å². The maximum absolute atomic E-state index is 11.4. The van der Waals surface area contributed by atoms with Crippen LogP contribution in [-0.2, 0) is 4.74 Å². The van der Waals surface area contributed by atoms with Gasteiger partial charge in [-0.15, -0.1) is 0 Å². The van der Waals surface area contributed by atoms with Crippen LogP contribution >= 0.6 is 0 Å². The van der Waals surface area contributed by atoms with E-state index in [4.69, 9.17) is 10.5 Å². The number of aromatic carboxylic acids is 1. The fourth-order valence-electron chi connectivity index (χ4n) is 3.09. The smallest absolute Gasteiger partial charge is 0.338 e. The van der Waals surface area contributed by atoms with Gasteiger partial charge in [0.25, 0.3) is 0 Å². The van der Waals surface area contributed by atoms with Crippen LogP contribution in [0.1, 0.15) is 29.6 Å². The molecular formula is C13H17N3O3. The van der Waals surface area contributed by atoms with Crippen molar-refractivity contribution in [1.82, 2.24) is 4.98 Å². The highest BCUT2D eigenvalue weighted by atomic mass is 16.5. The summed E-state index contributed by atoms with van der Waals surface area (Å²) < 4.78 is 5.74. The maximum Gasteiger partial charge on any atom is 0.338 e. The van der Waals surface area contributed by atoms with Crippen LogP contribution in [0.3, 0.4) is 0 Å². The molecule has 102 valence electrons. The van der Waals surface area contributed by atoms with Gasteiger partial charge in [-0.25, -0.2) is 9.78 Å². The molecule has 19 heavy (non-hydrogen) atoms. The van der Waals surface area contributed by atoms with Crippen LogP contribution in [0.5, 0.6) is 0 Å². The zero-order valence-corrected chi connectivity index (χ0v) is 10.6. The van der Waals surface area contributed by atoms with Gasteiger partial charge in [-0.2, -0.15) is 0 Å². The summed E-state index contributed by atoms with van der Waals surface area (Å²) in [5, 5.41) is 9.32. The topological polar surface area (TPSA) is 88.7 Å². The number of nitrogen functional groups attached to an aromatic ring is 1. The first-order valence-corrected chi connectivity index (χ1v) is 6.54. The van der Waals surface area contributed by atoms with E-state index in [9.17, 15) is 9.90 Å². The van der Waals surface area contributed by atoms with Crippen molar-refractivity contribution in [3.63, 3.8) is 0 Å². The Balaban J connectivity index is 1.98. The number of pyridine rings is 1. The summed E-state index contributed by atoms with van der Waals surface area (Å²) in [6.07, 6.45) is 4.99. The molecule has 1 aliphatic heterocycles. The largest absolute Gasteiger partial charge is 0.478 e. The highest BCUT2D eigenvalue weighted by Crippen LogP contribution is 2.34. The number of aromatic nitrogens is 1. The number of hydrogen-bond donors (Lipinski definition) is 2. The maximum atomic E-state index is 11.4. The van der Waals surface area contributed by atoms with Crippen LogP contribution in [0.25, 0.3) is 0 Å². The molecule has 6 heteroatoms. The quantitative estimate of drug-likeness (QED) is 0.831. The Bertz CT molecular complexity index is 506. The van der Waals surface area contributed by atoms with Gasteiger partial charge >= 0.3 is 5.97 Å². The van der Waals surface area contributed by atoms with Gasteiger partial charge in [-0.05, 0) is 25.3 Å². The predicted octanol–water partition coefficient (Wildman–Crippen LogP) is 1.12. The van der Waals surface area contributed by atoms with Crippen molar-refractivity contribution in [3.8, 4) is 0 Å². The summed E-state index contributed by atoms with van der Waals surface area (Å²) in [7, 11) is 0. The molecule has 3 N–H and O–H groups in total. The molecule has 6 nitrogen and oxygen atoms in total. The highest BCUT2D eigenvalue weighted by molar-refractivity contribution is 5.95. The predicted molar refractivity (Wildman–Crippen MR) is 70.3 cm³/mol. The number of nitrogens with zero attached hydrogens (tertiary/aromatic N) is 2. The van der Waals surface area contributed by atoms with Crippen molar-refractivity contribution in [1.29, 1.82) is 0 Å². The van der Waals surface area contributed by atoms with E-state index in [0.717, 1.165) is 19.3 Å². The fourth-order valence-corrected chi connectivity index (χ4v) is 3.09. The number of anilines is 2. The summed E-state index contributed by atoms with van der Waals surface area (Å²) in [4.78, 5) is 17.5. The van der Waals surface area contributed by atoms with Crippen molar-refractivity contribution >= 4 is 17.5 Å². The minimum absolute atomic E-state index is 0.216. The number of fused-ring (bicyclic) bond motifs is 1. The summed E-state index contributed by atoms with van der Waals surface area (Å²) >= 11 is 0. The van der Waals surface area contributed by atoms with Crippen molar-refractivity contribution in [2.45, 2.75) is 31.4 Å². The van der Waals surface area contributed by atoms with E-state index in [1.165, 1.54) is 6.07 Å². The minimum Gasteiger partial charge on any atom is -0.478 e. The van der Waals surface area contributed by atoms with Crippen molar-refractivity contribution in [2.24, 2.45) is 0 Å². The number of rotatable bonds is 2. The molecule has 0 aromatic carbocycles. The second-order valence-corrected chi connectivity index (χ2v) is 5.03. The van der Waals surface area contributed by atoms with E-state index in [1.807, 2.05) is 0 Å². The summed E-state index contributed by atoms with van der Waals surface area (Å²) in [6, 6.07) is 1.69. The monoisotopic (exact) mass is 263 g/mol. The molecule has 1 aromatic heterocycles. The molecule has 0 amide bonds. The molecule has 2 aliphatic rings. The highest BCUT2D eigenvalue weighted by Gasteiger charge is 2.37. The molecule has 0 spiro atoms. The van der Waals surface area contributed by atoms with Gasteiger partial charge in [0.1, 0.15) is 5.82 Å². The average Bonchev–Trinajstić information content (AvgIpc) is 2.86. The van der Waals surface area contributed by atoms with Crippen LogP contribution in [-0.4, -0.2) is 41.4 Å². The van der Waals surface area contributed by atoms with Crippen LogP contribution < -0.4 is 10.6 Å². The SMILES string of the molecule is Nc1cc(C(=O)O)c(N2CCOC3CCCC32)cn1. The standard InChI is InChI=1S/C13H17N3O3/c14-12-6-8(13(17)18)10(7-15-12)16-4-5-19-11-3-1-2-9(11)16/h6-7,9,11H,1-5H2,(H2,14,15)(H,17,18). The van der Waals surface area contributed by atoms with E-state index in [1.54, 1.807) is 6.20 Å². The molecular weight excluding hydrogens is 246 g/mol. The molecule has 1 aromatic rings. The Labute approximate surface area is 111 Å². The van der Waals surface area contributed by atoms with Gasteiger partial charge in [0, 0.05) is 6.54 Å².